The molecule has 0 aromatic rings. The van der Waals surface area contributed by atoms with Crippen molar-refractivity contribution in [2.75, 3.05) is 19.8 Å². The Morgan fingerprint density at radius 2 is 2.28 bits per heavy atom. The molecule has 1 aliphatic rings. The first kappa shape index (κ1) is 15.4. The molecule has 0 radical (unpaired) electrons. The number of aliphatic hydroxyl groups is 1. The van der Waals surface area contributed by atoms with Crippen molar-refractivity contribution in [3.63, 3.8) is 0 Å². The molecule has 0 bridgehead atoms. The lowest BCUT2D eigenvalue weighted by Gasteiger charge is -2.30. The van der Waals surface area contributed by atoms with E-state index < -0.39 is 11.0 Å². The Kier molecular flexibility index (Phi) is 4.75. The number of nitrogens with two attached hydrogens (primary N) is 1. The largest absolute Gasteiger partial charge is 0.388 e. The molecular weight excluding hydrogens is 232 g/mol. The highest BCUT2D eigenvalue weighted by Gasteiger charge is 2.44. The number of ether oxygens (including phenoxy) is 1. The molecule has 4 N–H and O–H groups in total. The van der Waals surface area contributed by atoms with Gasteiger partial charge in [0.2, 0.25) is 5.91 Å². The zero-order valence-electron chi connectivity index (χ0n) is 11.8. The molecule has 1 rings (SSSR count). The lowest BCUT2D eigenvalue weighted by molar-refractivity contribution is -0.132. The van der Waals surface area contributed by atoms with Gasteiger partial charge in [-0.3, -0.25) is 4.79 Å². The molecule has 1 fully saturated rings. The molecule has 106 valence electrons. The van der Waals surface area contributed by atoms with Crippen molar-refractivity contribution < 1.29 is 14.6 Å². The molecule has 1 aliphatic heterocycles. The first-order valence-corrected chi connectivity index (χ1v) is 6.51. The van der Waals surface area contributed by atoms with Crippen molar-refractivity contribution in [1.29, 1.82) is 0 Å². The van der Waals surface area contributed by atoms with Crippen LogP contribution in [0.3, 0.4) is 0 Å². The van der Waals surface area contributed by atoms with Gasteiger partial charge in [0.1, 0.15) is 0 Å². The van der Waals surface area contributed by atoms with E-state index in [1.807, 2.05) is 13.8 Å². The number of nitrogens with one attached hydrogen (secondary N) is 1. The van der Waals surface area contributed by atoms with Gasteiger partial charge in [-0.05, 0) is 26.2 Å². The maximum absolute atomic E-state index is 12.1. The van der Waals surface area contributed by atoms with E-state index in [1.54, 1.807) is 13.8 Å². The van der Waals surface area contributed by atoms with Gasteiger partial charge in [-0.15, -0.1) is 0 Å². The van der Waals surface area contributed by atoms with E-state index in [0.717, 1.165) is 0 Å². The van der Waals surface area contributed by atoms with Crippen molar-refractivity contribution in [2.45, 2.75) is 45.8 Å². The summed E-state index contributed by atoms with van der Waals surface area (Å²) >= 11 is 0. The minimum atomic E-state index is -0.885. The fraction of sp³-hybridized carbons (Fsp3) is 0.923. The molecule has 1 amide bonds. The van der Waals surface area contributed by atoms with Gasteiger partial charge in [-0.2, -0.15) is 0 Å². The van der Waals surface area contributed by atoms with Crippen LogP contribution in [-0.4, -0.2) is 42.4 Å². The summed E-state index contributed by atoms with van der Waals surface area (Å²) in [6.45, 7) is 8.61. The fourth-order valence-electron chi connectivity index (χ4n) is 2.35. The third-order valence-electron chi connectivity index (χ3n) is 3.51. The van der Waals surface area contributed by atoms with Gasteiger partial charge in [0, 0.05) is 12.6 Å². The van der Waals surface area contributed by atoms with Crippen molar-refractivity contribution in [3.8, 4) is 0 Å². The van der Waals surface area contributed by atoms with Crippen LogP contribution < -0.4 is 11.1 Å². The fourth-order valence-corrected chi connectivity index (χ4v) is 2.35. The molecule has 0 aliphatic carbocycles. The topological polar surface area (TPSA) is 84.6 Å². The van der Waals surface area contributed by atoms with Gasteiger partial charge in [0.25, 0.3) is 0 Å². The summed E-state index contributed by atoms with van der Waals surface area (Å²) in [7, 11) is 0. The summed E-state index contributed by atoms with van der Waals surface area (Å²) in [5.41, 5.74) is 4.31. The molecule has 3 unspecified atom stereocenters. The summed E-state index contributed by atoms with van der Waals surface area (Å²) in [4.78, 5) is 12.1. The molecule has 5 heteroatoms. The molecule has 0 aromatic carbocycles. The Bertz CT molecular complexity index is 305. The highest BCUT2D eigenvalue weighted by Crippen LogP contribution is 2.27. The van der Waals surface area contributed by atoms with E-state index in [9.17, 15) is 9.90 Å². The molecular formula is C13H26N2O3. The summed E-state index contributed by atoms with van der Waals surface area (Å²) in [6.07, 6.45) is 0.645. The maximum atomic E-state index is 12.1. The smallest absolute Gasteiger partial charge is 0.230 e. The Labute approximate surface area is 109 Å². The lowest BCUT2D eigenvalue weighted by atomic mass is 9.84. The molecule has 3 atom stereocenters. The van der Waals surface area contributed by atoms with Gasteiger partial charge in [0.05, 0.1) is 24.2 Å². The van der Waals surface area contributed by atoms with Crippen molar-refractivity contribution in [1.82, 2.24) is 5.32 Å². The van der Waals surface area contributed by atoms with E-state index in [2.05, 4.69) is 5.32 Å². The normalized spacial score (nSPS) is 31.4. The van der Waals surface area contributed by atoms with Gasteiger partial charge in [-0.25, -0.2) is 0 Å². The van der Waals surface area contributed by atoms with Gasteiger partial charge in [0.15, 0.2) is 0 Å². The lowest BCUT2D eigenvalue weighted by Crippen LogP contribution is -2.53. The monoisotopic (exact) mass is 258 g/mol. The predicted molar refractivity (Wildman–Crippen MR) is 70.0 cm³/mol. The minimum absolute atomic E-state index is 0.142. The standard InChI is InChI=1S/C13H26N2O3/c1-9(2)5-12(3,17)7-15-11(16)13(4)8-18-6-10(13)14/h9-10,17H,5-8,14H2,1-4H3,(H,15,16). The molecule has 1 saturated heterocycles. The molecule has 0 aromatic heterocycles. The SMILES string of the molecule is CC(C)CC(C)(O)CNC(=O)C1(C)COCC1N. The second-order valence-corrected chi connectivity index (χ2v) is 6.32. The van der Waals surface area contributed by atoms with Crippen LogP contribution in [0.4, 0.5) is 0 Å². The third kappa shape index (κ3) is 3.67. The molecule has 1 heterocycles. The van der Waals surface area contributed by atoms with Crippen LogP contribution in [0.5, 0.6) is 0 Å². The van der Waals surface area contributed by atoms with Crippen LogP contribution in [0.15, 0.2) is 0 Å². The van der Waals surface area contributed by atoms with E-state index in [0.29, 0.717) is 25.6 Å². The zero-order valence-corrected chi connectivity index (χ0v) is 11.8. The second kappa shape index (κ2) is 5.55. The highest BCUT2D eigenvalue weighted by atomic mass is 16.5. The predicted octanol–water partition coefficient (Wildman–Crippen LogP) is 0.264. The first-order valence-electron chi connectivity index (χ1n) is 6.51. The van der Waals surface area contributed by atoms with Crippen LogP contribution in [0.2, 0.25) is 0 Å². The number of carbonyl (C=O) groups excluding carboxylic acids is 1. The van der Waals surface area contributed by atoms with Gasteiger partial charge in [-0.1, -0.05) is 13.8 Å². The first-order chi connectivity index (χ1) is 8.17. The Hall–Kier alpha value is -0.650. The van der Waals surface area contributed by atoms with Crippen molar-refractivity contribution >= 4 is 5.91 Å². The third-order valence-corrected chi connectivity index (χ3v) is 3.51. The number of carbonyl (C=O) groups is 1. The Morgan fingerprint density at radius 3 is 2.72 bits per heavy atom. The highest BCUT2D eigenvalue weighted by molar-refractivity contribution is 5.83. The average Bonchev–Trinajstić information content (AvgIpc) is 2.55. The van der Waals surface area contributed by atoms with E-state index in [-0.39, 0.29) is 18.5 Å². The van der Waals surface area contributed by atoms with Crippen LogP contribution in [0.1, 0.15) is 34.1 Å². The Morgan fingerprint density at radius 1 is 1.67 bits per heavy atom. The molecule has 18 heavy (non-hydrogen) atoms. The van der Waals surface area contributed by atoms with Crippen LogP contribution >= 0.6 is 0 Å². The zero-order chi connectivity index (χ0) is 14.0. The number of hydrogen-bond donors (Lipinski definition) is 3. The van der Waals surface area contributed by atoms with Crippen molar-refractivity contribution in [2.24, 2.45) is 17.1 Å². The molecule has 0 spiro atoms. The van der Waals surface area contributed by atoms with Crippen LogP contribution in [-0.2, 0) is 9.53 Å². The number of hydrogen-bond acceptors (Lipinski definition) is 4. The molecule has 0 saturated carbocycles. The summed E-state index contributed by atoms with van der Waals surface area (Å²) in [5, 5.41) is 12.9. The molecule has 5 nitrogen and oxygen atoms in total. The second-order valence-electron chi connectivity index (χ2n) is 6.32. The Balaban J connectivity index is 2.51. The van der Waals surface area contributed by atoms with E-state index in [1.165, 1.54) is 0 Å². The number of rotatable bonds is 5. The number of amides is 1. The summed E-state index contributed by atoms with van der Waals surface area (Å²) in [5.74, 6) is 0.237. The maximum Gasteiger partial charge on any atom is 0.230 e. The summed E-state index contributed by atoms with van der Waals surface area (Å²) in [6, 6.07) is -0.285. The van der Waals surface area contributed by atoms with E-state index >= 15 is 0 Å². The van der Waals surface area contributed by atoms with Crippen LogP contribution in [0, 0.1) is 11.3 Å². The van der Waals surface area contributed by atoms with Gasteiger partial charge >= 0.3 is 0 Å². The van der Waals surface area contributed by atoms with E-state index in [4.69, 9.17) is 10.5 Å². The quantitative estimate of drug-likeness (QED) is 0.660. The summed E-state index contributed by atoms with van der Waals surface area (Å²) < 4.78 is 5.24. The van der Waals surface area contributed by atoms with Crippen LogP contribution in [0.25, 0.3) is 0 Å². The minimum Gasteiger partial charge on any atom is -0.388 e. The van der Waals surface area contributed by atoms with Gasteiger partial charge < -0.3 is 20.9 Å². The average molecular weight is 258 g/mol. The van der Waals surface area contributed by atoms with Crippen molar-refractivity contribution in [3.05, 3.63) is 0 Å².